The van der Waals surface area contributed by atoms with Gasteiger partial charge in [0.05, 0.1) is 18.9 Å². The maximum Gasteiger partial charge on any atom is 0.254 e. The van der Waals surface area contributed by atoms with E-state index >= 15 is 0 Å². The number of ether oxygens (including phenoxy) is 1. The Labute approximate surface area is 120 Å². The molecule has 0 radical (unpaired) electrons. The van der Waals surface area contributed by atoms with Gasteiger partial charge in [0.1, 0.15) is 11.6 Å². The number of amides is 1. The Hall–Kier alpha value is -3.16. The molecule has 8 heteroatoms. The topological polar surface area (TPSA) is 129 Å². The van der Waals surface area contributed by atoms with Crippen LogP contribution in [0.3, 0.4) is 0 Å². The molecule has 0 spiro atoms. The number of methoxy groups -OCH3 is 1. The zero-order valence-electron chi connectivity index (χ0n) is 11.3. The van der Waals surface area contributed by atoms with Crippen molar-refractivity contribution in [3.05, 3.63) is 41.6 Å². The van der Waals surface area contributed by atoms with E-state index in [1.54, 1.807) is 13.3 Å². The molecule has 0 fully saturated rings. The van der Waals surface area contributed by atoms with Crippen molar-refractivity contribution in [1.82, 2.24) is 9.97 Å². The summed E-state index contributed by atoms with van der Waals surface area (Å²) in [6.45, 7) is 0. The van der Waals surface area contributed by atoms with E-state index in [9.17, 15) is 4.79 Å². The number of nitrogens with zero attached hydrogens (tertiary/aromatic N) is 3. The average molecular weight is 286 g/mol. The fourth-order valence-electron chi connectivity index (χ4n) is 1.49. The first-order valence-electron chi connectivity index (χ1n) is 5.95. The summed E-state index contributed by atoms with van der Waals surface area (Å²) in [5, 5.41) is 3.97. The lowest BCUT2D eigenvalue weighted by Crippen LogP contribution is -2.15. The number of nitrogens with two attached hydrogens (primary N) is 2. The highest BCUT2D eigenvalue weighted by atomic mass is 16.5. The highest BCUT2D eigenvalue weighted by Crippen LogP contribution is 2.11. The zero-order chi connectivity index (χ0) is 15.2. The molecular formula is C13H14N6O2. The number of hydrogen-bond donors (Lipinski definition) is 3. The minimum Gasteiger partial charge on any atom is -0.497 e. The van der Waals surface area contributed by atoms with Crippen molar-refractivity contribution in [1.29, 1.82) is 0 Å². The van der Waals surface area contributed by atoms with Crippen LogP contribution in [0.1, 0.15) is 15.9 Å². The third-order valence-electron chi connectivity index (χ3n) is 2.58. The van der Waals surface area contributed by atoms with Gasteiger partial charge in [0.2, 0.25) is 5.95 Å². The highest BCUT2D eigenvalue weighted by Gasteiger charge is 2.08. The summed E-state index contributed by atoms with van der Waals surface area (Å²) in [6, 6.07) is 7.32. The molecule has 5 N–H and O–H groups in total. The van der Waals surface area contributed by atoms with E-state index in [1.165, 1.54) is 6.20 Å². The third-order valence-corrected chi connectivity index (χ3v) is 2.58. The Morgan fingerprint density at radius 2 is 2.10 bits per heavy atom. The molecule has 1 amide bonds. The van der Waals surface area contributed by atoms with E-state index in [2.05, 4.69) is 20.5 Å². The van der Waals surface area contributed by atoms with Gasteiger partial charge >= 0.3 is 0 Å². The van der Waals surface area contributed by atoms with Crippen molar-refractivity contribution in [2.24, 2.45) is 10.8 Å². The van der Waals surface area contributed by atoms with Gasteiger partial charge in [-0.3, -0.25) is 4.79 Å². The van der Waals surface area contributed by atoms with Crippen LogP contribution in [-0.4, -0.2) is 29.2 Å². The molecule has 0 aliphatic rings. The Kier molecular flexibility index (Phi) is 4.30. The van der Waals surface area contributed by atoms with Crippen LogP contribution in [0.2, 0.25) is 0 Å². The predicted molar refractivity (Wildman–Crippen MR) is 79.2 cm³/mol. The molecule has 0 aliphatic heterocycles. The lowest BCUT2D eigenvalue weighted by molar-refractivity contribution is 0.100. The van der Waals surface area contributed by atoms with Crippen LogP contribution in [0.5, 0.6) is 5.75 Å². The number of nitrogens with one attached hydrogen (secondary N) is 1. The first-order valence-corrected chi connectivity index (χ1v) is 5.95. The van der Waals surface area contributed by atoms with Gasteiger partial charge in [-0.25, -0.2) is 10.4 Å². The Morgan fingerprint density at radius 1 is 1.38 bits per heavy atom. The molecule has 0 unspecified atom stereocenters. The second-order valence-electron chi connectivity index (χ2n) is 4.00. The summed E-state index contributed by atoms with van der Waals surface area (Å²) in [7, 11) is 1.60. The van der Waals surface area contributed by atoms with Crippen LogP contribution >= 0.6 is 0 Å². The van der Waals surface area contributed by atoms with Gasteiger partial charge in [-0.15, -0.1) is 0 Å². The normalized spacial score (nSPS) is 10.5. The van der Waals surface area contributed by atoms with Crippen molar-refractivity contribution in [3.63, 3.8) is 0 Å². The number of rotatable bonds is 5. The standard InChI is InChI=1S/C13H14N6O2/c1-21-9-4-2-8(3-5-9)6-17-19-13-16-7-10(12(15)20)11(14)18-13/h2-7H,1H3,(H2,15,20)(H3,14,16,18,19)/b17-6+. The lowest BCUT2D eigenvalue weighted by Gasteiger charge is -2.03. The molecule has 0 aliphatic carbocycles. The summed E-state index contributed by atoms with van der Waals surface area (Å²) in [6.07, 6.45) is 2.83. The zero-order valence-corrected chi connectivity index (χ0v) is 11.3. The number of carbonyl (C=O) groups excluding carboxylic acids is 1. The summed E-state index contributed by atoms with van der Waals surface area (Å²) < 4.78 is 5.05. The molecule has 0 saturated carbocycles. The number of hydrogen-bond acceptors (Lipinski definition) is 7. The summed E-state index contributed by atoms with van der Waals surface area (Å²) in [5.41, 5.74) is 14.2. The van der Waals surface area contributed by atoms with Gasteiger partial charge in [-0.2, -0.15) is 10.1 Å². The Morgan fingerprint density at radius 3 is 2.67 bits per heavy atom. The molecule has 0 bridgehead atoms. The quantitative estimate of drug-likeness (QED) is 0.545. The molecule has 1 aromatic carbocycles. The van der Waals surface area contributed by atoms with Crippen LogP contribution in [0.25, 0.3) is 0 Å². The molecule has 2 aromatic rings. The van der Waals surface area contributed by atoms with E-state index in [1.807, 2.05) is 24.3 Å². The lowest BCUT2D eigenvalue weighted by atomic mass is 10.2. The van der Waals surface area contributed by atoms with Crippen LogP contribution in [0.15, 0.2) is 35.6 Å². The number of benzene rings is 1. The second kappa shape index (κ2) is 6.33. The SMILES string of the molecule is COc1ccc(/C=N/Nc2ncc(C(N)=O)c(N)n2)cc1. The van der Waals surface area contributed by atoms with E-state index in [4.69, 9.17) is 16.2 Å². The predicted octanol–water partition coefficient (Wildman–Crippen LogP) is 0.612. The number of anilines is 2. The number of hydrazone groups is 1. The van der Waals surface area contributed by atoms with Crippen LogP contribution in [-0.2, 0) is 0 Å². The highest BCUT2D eigenvalue weighted by molar-refractivity contribution is 5.96. The summed E-state index contributed by atoms with van der Waals surface area (Å²) >= 11 is 0. The van der Waals surface area contributed by atoms with Gasteiger partial charge < -0.3 is 16.2 Å². The molecule has 2 rings (SSSR count). The first kappa shape index (κ1) is 14.3. The molecule has 1 aromatic heterocycles. The maximum atomic E-state index is 11.0. The first-order chi connectivity index (χ1) is 10.1. The van der Waals surface area contributed by atoms with Gasteiger partial charge in [0.15, 0.2) is 0 Å². The molecule has 0 atom stereocenters. The van der Waals surface area contributed by atoms with E-state index in [0.717, 1.165) is 11.3 Å². The smallest absolute Gasteiger partial charge is 0.254 e. The van der Waals surface area contributed by atoms with E-state index in [0.29, 0.717) is 0 Å². The minimum atomic E-state index is -0.680. The Balaban J connectivity index is 2.03. The number of primary amides is 1. The number of nitrogen functional groups attached to an aromatic ring is 1. The van der Waals surface area contributed by atoms with E-state index < -0.39 is 5.91 Å². The van der Waals surface area contributed by atoms with Gasteiger partial charge in [-0.05, 0) is 29.8 Å². The molecule has 21 heavy (non-hydrogen) atoms. The molecule has 0 saturated heterocycles. The Bertz CT molecular complexity index is 669. The van der Waals surface area contributed by atoms with Crippen LogP contribution < -0.4 is 21.6 Å². The van der Waals surface area contributed by atoms with Gasteiger partial charge in [0, 0.05) is 6.20 Å². The minimum absolute atomic E-state index is 0.000326. The molecular weight excluding hydrogens is 272 g/mol. The van der Waals surface area contributed by atoms with Crippen molar-refractivity contribution >= 4 is 23.9 Å². The second-order valence-corrected chi connectivity index (χ2v) is 4.00. The van der Waals surface area contributed by atoms with Crippen molar-refractivity contribution in [2.45, 2.75) is 0 Å². The van der Waals surface area contributed by atoms with Crippen LogP contribution in [0, 0.1) is 0 Å². The summed E-state index contributed by atoms with van der Waals surface area (Å²) in [5.74, 6) is 0.251. The number of aromatic nitrogens is 2. The molecule has 1 heterocycles. The van der Waals surface area contributed by atoms with Gasteiger partial charge in [0.25, 0.3) is 5.91 Å². The monoisotopic (exact) mass is 286 g/mol. The maximum absolute atomic E-state index is 11.0. The van der Waals surface area contributed by atoms with Crippen LogP contribution in [0.4, 0.5) is 11.8 Å². The fraction of sp³-hybridized carbons (Fsp3) is 0.0769. The fourth-order valence-corrected chi connectivity index (χ4v) is 1.49. The van der Waals surface area contributed by atoms with Crippen molar-refractivity contribution in [2.75, 3.05) is 18.3 Å². The largest absolute Gasteiger partial charge is 0.497 e. The molecule has 8 nitrogen and oxygen atoms in total. The summed E-state index contributed by atoms with van der Waals surface area (Å²) in [4.78, 5) is 18.7. The third kappa shape index (κ3) is 3.66. The van der Waals surface area contributed by atoms with Crippen molar-refractivity contribution in [3.8, 4) is 5.75 Å². The number of carbonyl (C=O) groups is 1. The van der Waals surface area contributed by atoms with Gasteiger partial charge in [-0.1, -0.05) is 0 Å². The van der Waals surface area contributed by atoms with Crippen molar-refractivity contribution < 1.29 is 9.53 Å². The average Bonchev–Trinajstić information content (AvgIpc) is 2.47. The van der Waals surface area contributed by atoms with E-state index in [-0.39, 0.29) is 17.3 Å². The molecule has 108 valence electrons.